The molecule has 2 heterocycles. The summed E-state index contributed by atoms with van der Waals surface area (Å²) in [6.07, 6.45) is 1.09. The predicted molar refractivity (Wildman–Crippen MR) is 132 cm³/mol. The van der Waals surface area contributed by atoms with Crippen molar-refractivity contribution in [1.82, 2.24) is 9.55 Å². The number of aryl methyl sites for hydroxylation is 1. The smallest absolute Gasteiger partial charge is 0.348 e. The van der Waals surface area contributed by atoms with Gasteiger partial charge in [0.1, 0.15) is 16.3 Å². The number of para-hydroxylation sites is 1. The van der Waals surface area contributed by atoms with Gasteiger partial charge in [-0.3, -0.25) is 14.2 Å². The first-order valence-electron chi connectivity index (χ1n) is 11.1. The molecule has 2 aromatic heterocycles. The molecule has 3 rings (SSSR count). The molecule has 3 aromatic rings. The van der Waals surface area contributed by atoms with Gasteiger partial charge in [0.15, 0.2) is 0 Å². The molecule has 0 unspecified atom stereocenters. The summed E-state index contributed by atoms with van der Waals surface area (Å²) in [4.78, 5) is 43.6. The molecule has 0 saturated heterocycles. The van der Waals surface area contributed by atoms with Gasteiger partial charge in [-0.1, -0.05) is 45.9 Å². The minimum absolute atomic E-state index is 0.174. The van der Waals surface area contributed by atoms with E-state index in [0.717, 1.165) is 28.2 Å². The number of benzene rings is 1. The number of fused-ring (bicyclic) bond motifs is 1. The second-order valence-corrected chi connectivity index (χ2v) is 10.0. The molecule has 33 heavy (non-hydrogen) atoms. The largest absolute Gasteiger partial charge is 0.459 e. The standard InChI is InChI=1S/C25H31N3O4S/c1-13(2)17-9-8-10-18(14(3)4)21(17)27-19(29)11-28-12-26-23-20(24(28)30)16(7)22(33-23)25(31)32-15(5)6/h8-10,12-15H,11H2,1-7H3,(H,27,29). The molecule has 0 fully saturated rings. The number of amides is 1. The highest BCUT2D eigenvalue weighted by molar-refractivity contribution is 7.20. The van der Waals surface area contributed by atoms with Crippen molar-refractivity contribution in [3.8, 4) is 0 Å². The van der Waals surface area contributed by atoms with Crippen molar-refractivity contribution in [1.29, 1.82) is 0 Å². The van der Waals surface area contributed by atoms with Gasteiger partial charge in [0.25, 0.3) is 5.56 Å². The zero-order valence-electron chi connectivity index (χ0n) is 20.2. The number of carbonyl (C=O) groups is 2. The van der Waals surface area contributed by atoms with E-state index in [1.165, 1.54) is 10.9 Å². The molecule has 1 aromatic carbocycles. The molecule has 0 aliphatic rings. The SMILES string of the molecule is Cc1c(C(=O)OC(C)C)sc2ncn(CC(=O)Nc3c(C(C)C)cccc3C(C)C)c(=O)c12. The van der Waals surface area contributed by atoms with Gasteiger partial charge in [-0.25, -0.2) is 9.78 Å². The number of thiophene rings is 1. The third-order valence-corrected chi connectivity index (χ3v) is 6.58. The monoisotopic (exact) mass is 469 g/mol. The average molecular weight is 470 g/mol. The number of nitrogens with zero attached hydrogens (tertiary/aromatic N) is 2. The van der Waals surface area contributed by atoms with Crippen LogP contribution in [0.15, 0.2) is 29.3 Å². The van der Waals surface area contributed by atoms with Crippen LogP contribution in [0.1, 0.15) is 79.7 Å². The highest BCUT2D eigenvalue weighted by Gasteiger charge is 2.22. The van der Waals surface area contributed by atoms with Gasteiger partial charge in [0.2, 0.25) is 5.91 Å². The number of aromatic nitrogens is 2. The second kappa shape index (κ2) is 9.87. The van der Waals surface area contributed by atoms with Gasteiger partial charge in [-0.05, 0) is 49.3 Å². The van der Waals surface area contributed by atoms with E-state index in [1.807, 2.05) is 18.2 Å². The van der Waals surface area contributed by atoms with Crippen molar-refractivity contribution in [2.24, 2.45) is 0 Å². The molecule has 7 nitrogen and oxygen atoms in total. The number of hydrogen-bond donors (Lipinski definition) is 1. The van der Waals surface area contributed by atoms with Gasteiger partial charge < -0.3 is 10.1 Å². The van der Waals surface area contributed by atoms with Gasteiger partial charge in [0.05, 0.1) is 17.8 Å². The Kier molecular flexibility index (Phi) is 7.37. The van der Waals surface area contributed by atoms with E-state index in [2.05, 4.69) is 38.0 Å². The number of esters is 1. The first kappa shape index (κ1) is 24.6. The fourth-order valence-corrected chi connectivity index (χ4v) is 4.79. The van der Waals surface area contributed by atoms with E-state index >= 15 is 0 Å². The lowest BCUT2D eigenvalue weighted by molar-refractivity contribution is -0.116. The van der Waals surface area contributed by atoms with Crippen molar-refractivity contribution < 1.29 is 14.3 Å². The predicted octanol–water partition coefficient (Wildman–Crippen LogP) is 5.22. The normalized spacial score (nSPS) is 11.6. The average Bonchev–Trinajstić information content (AvgIpc) is 3.06. The minimum atomic E-state index is -0.472. The molecule has 1 amide bonds. The van der Waals surface area contributed by atoms with Crippen LogP contribution in [0, 0.1) is 6.92 Å². The molecule has 0 atom stereocenters. The Hall–Kier alpha value is -3.00. The third kappa shape index (κ3) is 5.16. The van der Waals surface area contributed by atoms with Crippen LogP contribution >= 0.6 is 11.3 Å². The van der Waals surface area contributed by atoms with Gasteiger partial charge in [-0.15, -0.1) is 11.3 Å². The van der Waals surface area contributed by atoms with Crippen molar-refractivity contribution in [3.63, 3.8) is 0 Å². The van der Waals surface area contributed by atoms with Crippen LogP contribution in [0.3, 0.4) is 0 Å². The van der Waals surface area contributed by atoms with Crippen LogP contribution in [-0.4, -0.2) is 27.5 Å². The Morgan fingerprint density at radius 3 is 2.24 bits per heavy atom. The first-order chi connectivity index (χ1) is 15.5. The van der Waals surface area contributed by atoms with Crippen LogP contribution < -0.4 is 10.9 Å². The summed E-state index contributed by atoms with van der Waals surface area (Å²) in [6.45, 7) is 13.4. The molecule has 1 N–H and O–H groups in total. The van der Waals surface area contributed by atoms with Crippen molar-refractivity contribution in [3.05, 3.63) is 56.4 Å². The van der Waals surface area contributed by atoms with Crippen LogP contribution in [0.5, 0.6) is 0 Å². The number of carbonyl (C=O) groups excluding carboxylic acids is 2. The summed E-state index contributed by atoms with van der Waals surface area (Å²) in [5, 5.41) is 3.37. The zero-order valence-corrected chi connectivity index (χ0v) is 21.0. The number of rotatable bonds is 7. The highest BCUT2D eigenvalue weighted by atomic mass is 32.1. The van der Waals surface area contributed by atoms with Crippen molar-refractivity contribution >= 4 is 39.1 Å². The summed E-state index contributed by atoms with van der Waals surface area (Å²) < 4.78 is 6.56. The lowest BCUT2D eigenvalue weighted by Crippen LogP contribution is -2.28. The summed E-state index contributed by atoms with van der Waals surface area (Å²) >= 11 is 1.13. The fraction of sp³-hybridized carbons (Fsp3) is 0.440. The van der Waals surface area contributed by atoms with Crippen molar-refractivity contribution in [2.75, 3.05) is 5.32 Å². The molecule has 0 saturated carbocycles. The third-order valence-electron chi connectivity index (χ3n) is 5.40. The number of nitrogens with one attached hydrogen (secondary N) is 1. The molecule has 0 bridgehead atoms. The van der Waals surface area contributed by atoms with E-state index in [-0.39, 0.29) is 36.0 Å². The van der Waals surface area contributed by atoms with Gasteiger partial charge >= 0.3 is 5.97 Å². The maximum absolute atomic E-state index is 13.1. The summed E-state index contributed by atoms with van der Waals surface area (Å²) in [6, 6.07) is 6.03. The maximum atomic E-state index is 13.1. The molecular weight excluding hydrogens is 438 g/mol. The summed E-state index contributed by atoms with van der Waals surface area (Å²) in [7, 11) is 0. The topological polar surface area (TPSA) is 90.3 Å². The van der Waals surface area contributed by atoms with Gasteiger partial charge in [-0.2, -0.15) is 0 Å². The Morgan fingerprint density at radius 1 is 1.09 bits per heavy atom. The molecule has 8 heteroatoms. The van der Waals surface area contributed by atoms with E-state index < -0.39 is 5.97 Å². The van der Waals surface area contributed by atoms with Crippen LogP contribution in [0.2, 0.25) is 0 Å². The van der Waals surface area contributed by atoms with E-state index in [4.69, 9.17) is 4.74 Å². The van der Waals surface area contributed by atoms with Crippen molar-refractivity contribution in [2.45, 2.75) is 73.0 Å². The highest BCUT2D eigenvalue weighted by Crippen LogP contribution is 2.32. The lowest BCUT2D eigenvalue weighted by Gasteiger charge is -2.20. The Bertz CT molecular complexity index is 1230. The Balaban J connectivity index is 1.93. The number of anilines is 1. The molecule has 0 spiro atoms. The van der Waals surface area contributed by atoms with Crippen LogP contribution in [0.25, 0.3) is 10.2 Å². The molecule has 176 valence electrons. The van der Waals surface area contributed by atoms with Crippen LogP contribution in [0.4, 0.5) is 5.69 Å². The first-order valence-corrected chi connectivity index (χ1v) is 11.9. The van der Waals surface area contributed by atoms with E-state index in [1.54, 1.807) is 20.8 Å². The quantitative estimate of drug-likeness (QED) is 0.479. The number of ether oxygens (including phenoxy) is 1. The second-order valence-electron chi connectivity index (χ2n) is 9.04. The van der Waals surface area contributed by atoms with E-state index in [9.17, 15) is 14.4 Å². The zero-order chi connectivity index (χ0) is 24.4. The van der Waals surface area contributed by atoms with Crippen LogP contribution in [-0.2, 0) is 16.1 Å². The van der Waals surface area contributed by atoms with E-state index in [0.29, 0.717) is 20.7 Å². The molecule has 0 aliphatic carbocycles. The number of hydrogen-bond acceptors (Lipinski definition) is 6. The van der Waals surface area contributed by atoms with Gasteiger partial charge in [0, 0.05) is 5.69 Å². The molecular formula is C25H31N3O4S. The summed E-state index contributed by atoms with van der Waals surface area (Å²) in [5.41, 5.74) is 3.09. The minimum Gasteiger partial charge on any atom is -0.459 e. The molecule has 0 radical (unpaired) electrons. The fourth-order valence-electron chi connectivity index (χ4n) is 3.76. The lowest BCUT2D eigenvalue weighted by atomic mass is 9.92. The molecule has 0 aliphatic heterocycles. The Morgan fingerprint density at radius 2 is 1.70 bits per heavy atom. The maximum Gasteiger partial charge on any atom is 0.348 e. The summed E-state index contributed by atoms with van der Waals surface area (Å²) in [5.74, 6) is -0.310. The Labute approximate surface area is 197 Å².